The minimum Gasteiger partial charge on any atom is -0.382 e. The molecule has 27 heavy (non-hydrogen) atoms. The fraction of sp³-hybridized carbons (Fsp3) is 0.200. The van der Waals surface area contributed by atoms with Gasteiger partial charge in [0.05, 0.1) is 5.69 Å². The van der Waals surface area contributed by atoms with E-state index in [1.54, 1.807) is 24.3 Å². The highest BCUT2D eigenvalue weighted by Gasteiger charge is 2.26. The van der Waals surface area contributed by atoms with Crippen LogP contribution in [0.15, 0.2) is 42.5 Å². The van der Waals surface area contributed by atoms with E-state index in [0.717, 1.165) is 11.6 Å². The number of halogens is 3. The number of rotatable bonds is 2. The minimum absolute atomic E-state index is 0.236. The Kier molecular flexibility index (Phi) is 4.53. The Morgan fingerprint density at radius 2 is 1.81 bits per heavy atom. The van der Waals surface area contributed by atoms with Crippen LogP contribution in [0.4, 0.5) is 19.0 Å². The van der Waals surface area contributed by atoms with Crippen LogP contribution < -0.4 is 11.1 Å². The molecule has 1 aromatic heterocycles. The number of nitrogen functional groups attached to an aromatic ring is 1. The van der Waals surface area contributed by atoms with Crippen molar-refractivity contribution in [2.45, 2.75) is 18.9 Å². The van der Waals surface area contributed by atoms with Gasteiger partial charge in [-0.3, -0.25) is 0 Å². The van der Waals surface area contributed by atoms with Crippen molar-refractivity contribution in [1.29, 1.82) is 0 Å². The maximum absolute atomic E-state index is 14.9. The van der Waals surface area contributed by atoms with E-state index in [1.165, 1.54) is 12.1 Å². The van der Waals surface area contributed by atoms with Crippen LogP contribution in [-0.4, -0.2) is 16.7 Å². The number of nitrogens with zero attached hydrogens (tertiary/aromatic N) is 2. The predicted octanol–water partition coefficient (Wildman–Crippen LogP) is 3.77. The van der Waals surface area contributed by atoms with Gasteiger partial charge in [-0.25, -0.2) is 13.2 Å². The summed E-state index contributed by atoms with van der Waals surface area (Å²) < 4.78 is 43.0. The molecular weight excluding hydrogens is 353 g/mol. The monoisotopic (exact) mass is 370 g/mol. The Labute approximate surface area is 154 Å². The van der Waals surface area contributed by atoms with Crippen molar-refractivity contribution in [3.8, 4) is 11.3 Å². The third kappa shape index (κ3) is 3.26. The molecule has 4 nitrogen and oxygen atoms in total. The number of nitrogens with one attached hydrogen (secondary N) is 1. The van der Waals surface area contributed by atoms with Gasteiger partial charge in [0.1, 0.15) is 11.6 Å². The number of aromatic nitrogens is 2. The van der Waals surface area contributed by atoms with Gasteiger partial charge in [-0.15, -0.1) is 10.2 Å². The minimum atomic E-state index is -0.902. The average molecular weight is 370 g/mol. The molecule has 0 radical (unpaired) electrons. The van der Waals surface area contributed by atoms with Crippen LogP contribution >= 0.6 is 0 Å². The number of benzene rings is 2. The topological polar surface area (TPSA) is 63.8 Å². The van der Waals surface area contributed by atoms with Crippen LogP contribution in [0.1, 0.15) is 29.0 Å². The lowest BCUT2D eigenvalue weighted by Crippen LogP contribution is -2.13. The molecule has 1 aliphatic rings. The van der Waals surface area contributed by atoms with E-state index < -0.39 is 23.4 Å². The number of nitrogens with two attached hydrogens (primary N) is 1. The summed E-state index contributed by atoms with van der Waals surface area (Å²) in [6.45, 7) is 1.10. The quantitative estimate of drug-likeness (QED) is 0.721. The molecule has 0 saturated carbocycles. The molecule has 3 N–H and O–H groups in total. The summed E-state index contributed by atoms with van der Waals surface area (Å²) in [5.74, 6) is -2.47. The summed E-state index contributed by atoms with van der Waals surface area (Å²) in [7, 11) is 0. The molecule has 2 aromatic carbocycles. The summed E-state index contributed by atoms with van der Waals surface area (Å²) in [6, 6.07) is 10.3. The second-order valence-corrected chi connectivity index (χ2v) is 6.54. The lowest BCUT2D eigenvalue weighted by Gasteiger charge is -2.20. The number of hydrogen-bond acceptors (Lipinski definition) is 4. The van der Waals surface area contributed by atoms with Gasteiger partial charge in [0.2, 0.25) is 0 Å². The van der Waals surface area contributed by atoms with Crippen molar-refractivity contribution in [3.63, 3.8) is 0 Å². The summed E-state index contributed by atoms with van der Waals surface area (Å²) in [5, 5.41) is 11.0. The molecule has 0 fully saturated rings. The van der Waals surface area contributed by atoms with Gasteiger partial charge in [-0.2, -0.15) is 0 Å². The van der Waals surface area contributed by atoms with E-state index in [4.69, 9.17) is 5.73 Å². The highest BCUT2D eigenvalue weighted by Crippen LogP contribution is 2.37. The molecule has 3 aromatic rings. The van der Waals surface area contributed by atoms with Gasteiger partial charge in [0, 0.05) is 18.0 Å². The highest BCUT2D eigenvalue weighted by molar-refractivity contribution is 5.63. The highest BCUT2D eigenvalue weighted by atomic mass is 19.2. The molecule has 2 heterocycles. The largest absolute Gasteiger partial charge is 0.382 e. The Morgan fingerprint density at radius 3 is 2.59 bits per heavy atom. The first kappa shape index (κ1) is 17.5. The van der Waals surface area contributed by atoms with Crippen LogP contribution in [-0.2, 0) is 6.54 Å². The zero-order valence-corrected chi connectivity index (χ0v) is 14.3. The Balaban J connectivity index is 1.84. The zero-order chi connectivity index (χ0) is 19.0. The Hall–Kier alpha value is -2.93. The molecule has 0 saturated heterocycles. The molecule has 1 unspecified atom stereocenters. The van der Waals surface area contributed by atoms with Gasteiger partial charge >= 0.3 is 0 Å². The first-order valence-electron chi connectivity index (χ1n) is 8.61. The summed E-state index contributed by atoms with van der Waals surface area (Å²) in [4.78, 5) is 0. The van der Waals surface area contributed by atoms with Gasteiger partial charge in [0.25, 0.3) is 0 Å². The van der Waals surface area contributed by atoms with Crippen molar-refractivity contribution in [1.82, 2.24) is 15.5 Å². The molecule has 1 aliphatic heterocycles. The molecular formula is C20H17F3N4. The van der Waals surface area contributed by atoms with E-state index >= 15 is 0 Å². The van der Waals surface area contributed by atoms with Gasteiger partial charge in [0.15, 0.2) is 11.6 Å². The smallest absolute Gasteiger partial charge is 0.162 e. The average Bonchev–Trinajstić information content (AvgIpc) is 2.86. The van der Waals surface area contributed by atoms with Gasteiger partial charge in [-0.1, -0.05) is 12.1 Å². The lowest BCUT2D eigenvalue weighted by atomic mass is 9.85. The van der Waals surface area contributed by atoms with Crippen molar-refractivity contribution in [3.05, 3.63) is 76.6 Å². The summed E-state index contributed by atoms with van der Waals surface area (Å²) in [6.07, 6.45) is 0.536. The van der Waals surface area contributed by atoms with E-state index in [2.05, 4.69) is 15.5 Å². The van der Waals surface area contributed by atoms with Crippen LogP contribution in [0, 0.1) is 17.5 Å². The zero-order valence-electron chi connectivity index (χ0n) is 14.3. The molecule has 138 valence electrons. The first-order chi connectivity index (χ1) is 13.0. The third-order valence-corrected chi connectivity index (χ3v) is 4.85. The Morgan fingerprint density at radius 1 is 0.963 bits per heavy atom. The van der Waals surface area contributed by atoms with Gasteiger partial charge in [-0.05, 0) is 60.0 Å². The second kappa shape index (κ2) is 7.00. The lowest BCUT2D eigenvalue weighted by molar-refractivity contribution is 0.490. The molecule has 0 amide bonds. The predicted molar refractivity (Wildman–Crippen MR) is 96.4 cm³/mol. The van der Waals surface area contributed by atoms with E-state index in [0.29, 0.717) is 36.3 Å². The van der Waals surface area contributed by atoms with Crippen molar-refractivity contribution < 1.29 is 13.2 Å². The van der Waals surface area contributed by atoms with E-state index in [1.807, 2.05) is 0 Å². The maximum Gasteiger partial charge on any atom is 0.162 e. The number of anilines is 1. The van der Waals surface area contributed by atoms with E-state index in [9.17, 15) is 13.2 Å². The standard InChI is InChI=1S/C20H17F3N4/c21-16-3-1-2-13(20(16)23)12-6-7-25-10-11-8-15(17(22)9-14(11)12)18-4-5-19(24)27-26-18/h1-5,8-9,12,25H,6-7,10H2,(H2,24,27). The summed E-state index contributed by atoms with van der Waals surface area (Å²) in [5.41, 5.74) is 7.90. The van der Waals surface area contributed by atoms with Crippen molar-refractivity contribution >= 4 is 5.82 Å². The SMILES string of the molecule is Nc1ccc(-c2cc3c(cc2F)C(c2cccc(F)c2F)CCNC3)nn1. The summed E-state index contributed by atoms with van der Waals surface area (Å²) >= 11 is 0. The van der Waals surface area contributed by atoms with E-state index in [-0.39, 0.29) is 11.4 Å². The van der Waals surface area contributed by atoms with Crippen LogP contribution in [0.3, 0.4) is 0 Å². The fourth-order valence-electron chi connectivity index (χ4n) is 3.53. The number of fused-ring (bicyclic) bond motifs is 1. The van der Waals surface area contributed by atoms with Crippen LogP contribution in [0.25, 0.3) is 11.3 Å². The van der Waals surface area contributed by atoms with Crippen LogP contribution in [0.2, 0.25) is 0 Å². The van der Waals surface area contributed by atoms with Crippen molar-refractivity contribution in [2.75, 3.05) is 12.3 Å². The van der Waals surface area contributed by atoms with Crippen molar-refractivity contribution in [2.24, 2.45) is 0 Å². The maximum atomic E-state index is 14.9. The molecule has 0 spiro atoms. The molecule has 0 bridgehead atoms. The fourth-order valence-corrected chi connectivity index (χ4v) is 3.53. The first-order valence-corrected chi connectivity index (χ1v) is 8.61. The molecule has 0 aliphatic carbocycles. The normalized spacial score (nSPS) is 16.6. The Bertz CT molecular complexity index is 989. The third-order valence-electron chi connectivity index (χ3n) is 4.85. The molecule has 4 rings (SSSR count). The van der Waals surface area contributed by atoms with Crippen LogP contribution in [0.5, 0.6) is 0 Å². The molecule has 7 heteroatoms. The number of hydrogen-bond donors (Lipinski definition) is 2. The second-order valence-electron chi connectivity index (χ2n) is 6.54. The van der Waals surface area contributed by atoms with Gasteiger partial charge < -0.3 is 11.1 Å². The molecule has 1 atom stereocenters.